The molecule has 0 atom stereocenters. The van der Waals surface area contributed by atoms with Crippen LogP contribution in [0.4, 0.5) is 5.69 Å². The second-order valence-corrected chi connectivity index (χ2v) is 5.94. The summed E-state index contributed by atoms with van der Waals surface area (Å²) in [6.07, 6.45) is 3.40. The summed E-state index contributed by atoms with van der Waals surface area (Å²) in [5.74, 6) is -0.238. The molecule has 0 saturated carbocycles. The fraction of sp³-hybridized carbons (Fsp3) is 0.278. The molecule has 2 aromatic rings. The van der Waals surface area contributed by atoms with Crippen molar-refractivity contribution in [2.75, 3.05) is 31.5 Å². The van der Waals surface area contributed by atoms with E-state index in [9.17, 15) is 14.4 Å². The lowest BCUT2D eigenvalue weighted by Crippen LogP contribution is -2.50. The van der Waals surface area contributed by atoms with Crippen LogP contribution in [0.1, 0.15) is 27.6 Å². The highest BCUT2D eigenvalue weighted by Gasteiger charge is 2.25. The van der Waals surface area contributed by atoms with Gasteiger partial charge in [0.05, 0.1) is 5.56 Å². The molecule has 2 N–H and O–H groups in total. The SMILES string of the molecule is CC(=O)Nc1ccc(C(=O)N2CCN(C(=O)c3cc[nH]c3)CC2)cc1. The number of carbonyl (C=O) groups is 3. The Morgan fingerprint density at radius 3 is 1.92 bits per heavy atom. The molecule has 1 saturated heterocycles. The normalized spacial score (nSPS) is 14.3. The average Bonchev–Trinajstić information content (AvgIpc) is 3.15. The van der Waals surface area contributed by atoms with Crippen LogP contribution in [-0.4, -0.2) is 58.7 Å². The van der Waals surface area contributed by atoms with Crippen LogP contribution in [0.25, 0.3) is 0 Å². The number of anilines is 1. The first-order valence-corrected chi connectivity index (χ1v) is 8.13. The van der Waals surface area contributed by atoms with E-state index in [-0.39, 0.29) is 17.7 Å². The largest absolute Gasteiger partial charge is 0.367 e. The fourth-order valence-corrected chi connectivity index (χ4v) is 2.83. The van der Waals surface area contributed by atoms with Crippen LogP contribution in [0.15, 0.2) is 42.7 Å². The Balaban J connectivity index is 1.58. The highest BCUT2D eigenvalue weighted by molar-refractivity contribution is 5.96. The number of aromatic nitrogens is 1. The van der Waals surface area contributed by atoms with E-state index in [1.807, 2.05) is 0 Å². The second kappa shape index (κ2) is 7.21. The highest BCUT2D eigenvalue weighted by atomic mass is 16.2. The standard InChI is InChI=1S/C18H20N4O3/c1-13(23)20-16-4-2-14(3-5-16)17(24)21-8-10-22(11-9-21)18(25)15-6-7-19-12-15/h2-7,12,19H,8-11H2,1H3,(H,20,23). The predicted molar refractivity (Wildman–Crippen MR) is 93.3 cm³/mol. The Kier molecular flexibility index (Phi) is 4.83. The Hall–Kier alpha value is -3.09. The molecule has 7 heteroatoms. The van der Waals surface area contributed by atoms with Crippen LogP contribution >= 0.6 is 0 Å². The molecule has 0 spiro atoms. The summed E-state index contributed by atoms with van der Waals surface area (Å²) < 4.78 is 0. The molecule has 1 aliphatic heterocycles. The molecule has 1 aliphatic rings. The maximum Gasteiger partial charge on any atom is 0.255 e. The summed E-state index contributed by atoms with van der Waals surface area (Å²) in [6.45, 7) is 3.47. The van der Waals surface area contributed by atoms with E-state index in [0.717, 1.165) is 0 Å². The maximum absolute atomic E-state index is 12.6. The minimum atomic E-state index is -0.151. The van der Waals surface area contributed by atoms with Crippen LogP contribution in [0, 0.1) is 0 Å². The van der Waals surface area contributed by atoms with Crippen molar-refractivity contribution < 1.29 is 14.4 Å². The van der Waals surface area contributed by atoms with Gasteiger partial charge < -0.3 is 20.1 Å². The third kappa shape index (κ3) is 3.88. The summed E-state index contributed by atoms with van der Waals surface area (Å²) in [5.41, 5.74) is 1.86. The van der Waals surface area contributed by atoms with E-state index in [0.29, 0.717) is 43.0 Å². The van der Waals surface area contributed by atoms with Gasteiger partial charge in [-0.15, -0.1) is 0 Å². The van der Waals surface area contributed by atoms with Crippen LogP contribution < -0.4 is 5.32 Å². The molecular weight excluding hydrogens is 320 g/mol. The summed E-state index contributed by atoms with van der Waals surface area (Å²) in [6, 6.07) is 8.56. The third-order valence-corrected chi connectivity index (χ3v) is 4.15. The highest BCUT2D eigenvalue weighted by Crippen LogP contribution is 2.14. The van der Waals surface area contributed by atoms with E-state index in [1.165, 1.54) is 6.92 Å². The van der Waals surface area contributed by atoms with Gasteiger partial charge >= 0.3 is 0 Å². The van der Waals surface area contributed by atoms with Crippen molar-refractivity contribution >= 4 is 23.4 Å². The number of benzene rings is 1. The Labute approximate surface area is 145 Å². The lowest BCUT2D eigenvalue weighted by Gasteiger charge is -2.34. The molecule has 25 heavy (non-hydrogen) atoms. The number of H-pyrrole nitrogens is 1. The van der Waals surface area contributed by atoms with E-state index in [2.05, 4.69) is 10.3 Å². The number of piperazine rings is 1. The molecule has 0 unspecified atom stereocenters. The number of carbonyl (C=O) groups excluding carboxylic acids is 3. The summed E-state index contributed by atoms with van der Waals surface area (Å²) in [7, 11) is 0. The predicted octanol–water partition coefficient (Wildman–Crippen LogP) is 1.57. The second-order valence-electron chi connectivity index (χ2n) is 5.94. The Morgan fingerprint density at radius 2 is 1.44 bits per heavy atom. The van der Waals surface area contributed by atoms with Crippen molar-refractivity contribution in [3.05, 3.63) is 53.9 Å². The topological polar surface area (TPSA) is 85.5 Å². The van der Waals surface area contributed by atoms with Gasteiger partial charge in [-0.05, 0) is 30.3 Å². The lowest BCUT2D eigenvalue weighted by molar-refractivity contribution is -0.114. The first-order valence-electron chi connectivity index (χ1n) is 8.13. The zero-order valence-corrected chi connectivity index (χ0v) is 14.0. The third-order valence-electron chi connectivity index (χ3n) is 4.15. The molecule has 1 aromatic heterocycles. The Bertz CT molecular complexity index is 760. The van der Waals surface area contributed by atoms with Gasteiger partial charge in [0.1, 0.15) is 0 Å². The zero-order chi connectivity index (χ0) is 17.8. The van der Waals surface area contributed by atoms with Gasteiger partial charge in [0.25, 0.3) is 11.8 Å². The summed E-state index contributed by atoms with van der Waals surface area (Å²) in [5, 5.41) is 2.67. The number of nitrogens with zero attached hydrogens (tertiary/aromatic N) is 2. The van der Waals surface area contributed by atoms with Gasteiger partial charge in [-0.2, -0.15) is 0 Å². The number of nitrogens with one attached hydrogen (secondary N) is 2. The van der Waals surface area contributed by atoms with Crippen LogP contribution in [0.5, 0.6) is 0 Å². The number of amides is 3. The van der Waals surface area contributed by atoms with Crippen molar-refractivity contribution in [3.63, 3.8) is 0 Å². The first-order chi connectivity index (χ1) is 12.0. The zero-order valence-electron chi connectivity index (χ0n) is 14.0. The molecule has 3 rings (SSSR count). The smallest absolute Gasteiger partial charge is 0.255 e. The molecule has 2 heterocycles. The molecular formula is C18H20N4O3. The van der Waals surface area contributed by atoms with Gasteiger partial charge in [-0.25, -0.2) is 0 Å². The maximum atomic E-state index is 12.6. The van der Waals surface area contributed by atoms with E-state index in [1.54, 1.807) is 52.5 Å². The monoisotopic (exact) mass is 340 g/mol. The van der Waals surface area contributed by atoms with Crippen molar-refractivity contribution in [1.82, 2.24) is 14.8 Å². The molecule has 0 bridgehead atoms. The van der Waals surface area contributed by atoms with E-state index >= 15 is 0 Å². The molecule has 1 fully saturated rings. The number of hydrogen-bond acceptors (Lipinski definition) is 3. The first kappa shape index (κ1) is 16.8. The van der Waals surface area contributed by atoms with Gasteiger partial charge in [0.15, 0.2) is 0 Å². The number of hydrogen-bond donors (Lipinski definition) is 2. The van der Waals surface area contributed by atoms with Crippen molar-refractivity contribution in [3.8, 4) is 0 Å². The molecule has 0 radical (unpaired) electrons. The van der Waals surface area contributed by atoms with Crippen LogP contribution in [-0.2, 0) is 4.79 Å². The molecule has 3 amide bonds. The number of rotatable bonds is 3. The molecule has 1 aromatic carbocycles. The van der Waals surface area contributed by atoms with Crippen LogP contribution in [0.3, 0.4) is 0 Å². The lowest BCUT2D eigenvalue weighted by atomic mass is 10.1. The van der Waals surface area contributed by atoms with Crippen molar-refractivity contribution in [2.45, 2.75) is 6.92 Å². The van der Waals surface area contributed by atoms with Crippen molar-refractivity contribution in [2.24, 2.45) is 0 Å². The van der Waals surface area contributed by atoms with Gasteiger partial charge in [0, 0.05) is 56.7 Å². The van der Waals surface area contributed by atoms with Crippen LogP contribution in [0.2, 0.25) is 0 Å². The molecule has 0 aliphatic carbocycles. The molecule has 7 nitrogen and oxygen atoms in total. The van der Waals surface area contributed by atoms with E-state index in [4.69, 9.17) is 0 Å². The van der Waals surface area contributed by atoms with Gasteiger partial charge in [0.2, 0.25) is 5.91 Å². The minimum Gasteiger partial charge on any atom is -0.367 e. The minimum absolute atomic E-state index is 0.0204. The van der Waals surface area contributed by atoms with Crippen molar-refractivity contribution in [1.29, 1.82) is 0 Å². The Morgan fingerprint density at radius 1 is 0.880 bits per heavy atom. The summed E-state index contributed by atoms with van der Waals surface area (Å²) in [4.78, 5) is 42.3. The van der Waals surface area contributed by atoms with Gasteiger partial charge in [-0.3, -0.25) is 14.4 Å². The number of aromatic amines is 1. The fourth-order valence-electron chi connectivity index (χ4n) is 2.83. The van der Waals surface area contributed by atoms with Gasteiger partial charge in [-0.1, -0.05) is 0 Å². The molecule has 130 valence electrons. The average molecular weight is 340 g/mol. The quantitative estimate of drug-likeness (QED) is 0.889. The van der Waals surface area contributed by atoms with E-state index < -0.39 is 0 Å². The summed E-state index contributed by atoms with van der Waals surface area (Å²) >= 11 is 0.